The summed E-state index contributed by atoms with van der Waals surface area (Å²) in [6, 6.07) is 15.5. The largest absolute Gasteiger partial charge is 0.486 e. The number of anilines is 1. The van der Waals surface area contributed by atoms with Gasteiger partial charge in [-0.3, -0.25) is 9.69 Å². The van der Waals surface area contributed by atoms with Crippen LogP contribution >= 0.6 is 11.8 Å². The molecule has 2 aromatic carbocycles. The van der Waals surface area contributed by atoms with Crippen LogP contribution in [0.2, 0.25) is 0 Å². The molecular formula is C22H26N2O3S. The quantitative estimate of drug-likeness (QED) is 0.510. The lowest BCUT2D eigenvalue weighted by Crippen LogP contribution is -2.43. The zero-order valence-electron chi connectivity index (χ0n) is 16.1. The maximum absolute atomic E-state index is 12.6. The Morgan fingerprint density at radius 1 is 1.25 bits per heavy atom. The summed E-state index contributed by atoms with van der Waals surface area (Å²) in [5.74, 6) is 2.29. The Hall–Kier alpha value is -2.44. The molecule has 28 heavy (non-hydrogen) atoms. The second-order valence-electron chi connectivity index (χ2n) is 6.47. The van der Waals surface area contributed by atoms with Crippen molar-refractivity contribution in [1.29, 1.82) is 0 Å². The number of rotatable bonds is 9. The van der Waals surface area contributed by atoms with Gasteiger partial charge < -0.3 is 14.8 Å². The van der Waals surface area contributed by atoms with Gasteiger partial charge >= 0.3 is 0 Å². The maximum atomic E-state index is 12.6. The minimum absolute atomic E-state index is 0.0365. The molecule has 1 atom stereocenters. The molecule has 1 amide bonds. The highest BCUT2D eigenvalue weighted by atomic mass is 32.2. The predicted octanol–water partition coefficient (Wildman–Crippen LogP) is 4.07. The molecule has 0 bridgehead atoms. The molecule has 1 aliphatic heterocycles. The third-order valence-electron chi connectivity index (χ3n) is 4.36. The summed E-state index contributed by atoms with van der Waals surface area (Å²) < 4.78 is 11.8. The van der Waals surface area contributed by atoms with E-state index < -0.39 is 0 Å². The summed E-state index contributed by atoms with van der Waals surface area (Å²) in [7, 11) is 0. The van der Waals surface area contributed by atoms with Gasteiger partial charge in [0, 0.05) is 17.2 Å². The predicted molar refractivity (Wildman–Crippen MR) is 114 cm³/mol. The molecule has 0 spiro atoms. The Bertz CT molecular complexity index is 812. The molecule has 0 fully saturated rings. The van der Waals surface area contributed by atoms with Crippen molar-refractivity contribution in [2.45, 2.75) is 17.9 Å². The zero-order valence-corrected chi connectivity index (χ0v) is 16.9. The highest BCUT2D eigenvalue weighted by Crippen LogP contribution is 2.31. The molecule has 148 valence electrons. The van der Waals surface area contributed by atoms with Crippen molar-refractivity contribution >= 4 is 23.4 Å². The van der Waals surface area contributed by atoms with Gasteiger partial charge in [0.2, 0.25) is 5.91 Å². The number of carbonyl (C=O) groups excluding carboxylic acids is 1. The summed E-state index contributed by atoms with van der Waals surface area (Å²) in [5, 5.41) is 3.03. The SMILES string of the molecule is C=CCSc1ccccc1NC(=O)CN(CC)CC1COc2ccccc2O1. The van der Waals surface area contributed by atoms with E-state index in [2.05, 4.69) is 16.8 Å². The Labute approximate surface area is 170 Å². The number of hydrogen-bond donors (Lipinski definition) is 1. The van der Waals surface area contributed by atoms with Gasteiger partial charge in [-0.05, 0) is 30.8 Å². The first-order valence-corrected chi connectivity index (χ1v) is 10.4. The standard InChI is InChI=1S/C22H26N2O3S/c1-3-13-28-21-12-8-5-9-18(21)23-22(25)15-24(4-2)14-17-16-26-19-10-6-7-11-20(19)27-17/h3,5-12,17H,1,4,13-16H2,2H3,(H,23,25). The van der Waals surface area contributed by atoms with E-state index in [0.717, 1.165) is 34.4 Å². The van der Waals surface area contributed by atoms with Crippen molar-refractivity contribution in [2.75, 3.05) is 37.3 Å². The smallest absolute Gasteiger partial charge is 0.238 e. The van der Waals surface area contributed by atoms with Crippen LogP contribution in [0.4, 0.5) is 5.69 Å². The van der Waals surface area contributed by atoms with Crippen LogP contribution in [0.25, 0.3) is 0 Å². The molecule has 1 N–H and O–H groups in total. The third kappa shape index (κ3) is 5.53. The monoisotopic (exact) mass is 398 g/mol. The fourth-order valence-corrected chi connectivity index (χ4v) is 3.73. The van der Waals surface area contributed by atoms with E-state index in [-0.39, 0.29) is 12.0 Å². The summed E-state index contributed by atoms with van der Waals surface area (Å²) in [6.07, 6.45) is 1.75. The van der Waals surface area contributed by atoms with Crippen LogP contribution in [0.5, 0.6) is 11.5 Å². The van der Waals surface area contributed by atoms with E-state index in [1.807, 2.05) is 61.5 Å². The van der Waals surface area contributed by atoms with Crippen LogP contribution in [0.3, 0.4) is 0 Å². The van der Waals surface area contributed by atoms with Crippen molar-refractivity contribution in [1.82, 2.24) is 4.90 Å². The number of thioether (sulfide) groups is 1. The first-order valence-electron chi connectivity index (χ1n) is 9.43. The van der Waals surface area contributed by atoms with E-state index in [1.165, 1.54) is 0 Å². The van der Waals surface area contributed by atoms with Gasteiger partial charge in [0.1, 0.15) is 12.7 Å². The van der Waals surface area contributed by atoms with E-state index >= 15 is 0 Å². The number of nitrogens with zero attached hydrogens (tertiary/aromatic N) is 1. The Morgan fingerprint density at radius 2 is 2.00 bits per heavy atom. The van der Waals surface area contributed by atoms with E-state index in [4.69, 9.17) is 9.47 Å². The van der Waals surface area contributed by atoms with Crippen LogP contribution in [-0.4, -0.2) is 48.9 Å². The molecule has 6 heteroatoms. The lowest BCUT2D eigenvalue weighted by Gasteiger charge is -2.30. The van der Waals surface area contributed by atoms with Crippen molar-refractivity contribution in [2.24, 2.45) is 0 Å². The van der Waals surface area contributed by atoms with Crippen molar-refractivity contribution in [3.8, 4) is 11.5 Å². The molecule has 3 rings (SSSR count). The molecule has 2 aromatic rings. The minimum atomic E-state index is -0.0990. The highest BCUT2D eigenvalue weighted by Gasteiger charge is 2.23. The number of hydrogen-bond acceptors (Lipinski definition) is 5. The van der Waals surface area contributed by atoms with Gasteiger partial charge in [0.05, 0.1) is 12.2 Å². The average molecular weight is 399 g/mol. The second kappa shape index (κ2) is 10.2. The molecule has 0 saturated carbocycles. The van der Waals surface area contributed by atoms with Crippen molar-refractivity contribution < 1.29 is 14.3 Å². The Morgan fingerprint density at radius 3 is 2.79 bits per heavy atom. The Kier molecular flexibility index (Phi) is 7.39. The number of para-hydroxylation sites is 3. The molecular weight excluding hydrogens is 372 g/mol. The molecule has 1 unspecified atom stereocenters. The minimum Gasteiger partial charge on any atom is -0.486 e. The van der Waals surface area contributed by atoms with Gasteiger partial charge in [-0.2, -0.15) is 0 Å². The lowest BCUT2D eigenvalue weighted by molar-refractivity contribution is -0.117. The first-order chi connectivity index (χ1) is 13.7. The molecule has 0 aromatic heterocycles. The number of likely N-dealkylation sites (N-methyl/N-ethyl adjacent to an activating group) is 1. The topological polar surface area (TPSA) is 50.8 Å². The fraction of sp³-hybridized carbons (Fsp3) is 0.318. The Balaban J connectivity index is 1.55. The molecule has 0 radical (unpaired) electrons. The summed E-state index contributed by atoms with van der Waals surface area (Å²) >= 11 is 1.65. The summed E-state index contributed by atoms with van der Waals surface area (Å²) in [4.78, 5) is 15.7. The van der Waals surface area contributed by atoms with Gasteiger partial charge in [0.15, 0.2) is 11.5 Å². The van der Waals surface area contributed by atoms with Crippen molar-refractivity contribution in [3.63, 3.8) is 0 Å². The molecule has 0 aliphatic carbocycles. The number of fused-ring (bicyclic) bond motifs is 1. The molecule has 1 aliphatic rings. The van der Waals surface area contributed by atoms with Crippen LogP contribution in [0.15, 0.2) is 66.1 Å². The normalized spacial score (nSPS) is 15.3. The third-order valence-corrected chi connectivity index (χ3v) is 5.43. The van der Waals surface area contributed by atoms with Gasteiger partial charge in [-0.1, -0.05) is 37.3 Å². The zero-order chi connectivity index (χ0) is 19.8. The number of ether oxygens (including phenoxy) is 2. The first kappa shape index (κ1) is 20.3. The second-order valence-corrected chi connectivity index (χ2v) is 7.53. The van der Waals surface area contributed by atoms with Crippen molar-refractivity contribution in [3.05, 3.63) is 61.2 Å². The van der Waals surface area contributed by atoms with Crippen LogP contribution in [0, 0.1) is 0 Å². The fourth-order valence-electron chi connectivity index (χ4n) is 2.98. The molecule has 5 nitrogen and oxygen atoms in total. The van der Waals surface area contributed by atoms with Crippen LogP contribution in [0.1, 0.15) is 6.92 Å². The summed E-state index contributed by atoms with van der Waals surface area (Å²) in [6.45, 7) is 7.96. The van der Waals surface area contributed by atoms with Crippen LogP contribution in [-0.2, 0) is 4.79 Å². The van der Waals surface area contributed by atoms with Gasteiger partial charge in [-0.25, -0.2) is 0 Å². The van der Waals surface area contributed by atoms with Crippen LogP contribution < -0.4 is 14.8 Å². The highest BCUT2D eigenvalue weighted by molar-refractivity contribution is 7.99. The van der Waals surface area contributed by atoms with Gasteiger partial charge in [0.25, 0.3) is 0 Å². The number of amides is 1. The molecule has 0 saturated heterocycles. The number of carbonyl (C=O) groups is 1. The van der Waals surface area contributed by atoms with E-state index in [9.17, 15) is 4.79 Å². The molecule has 1 heterocycles. The van der Waals surface area contributed by atoms with Gasteiger partial charge in [-0.15, -0.1) is 18.3 Å². The number of benzene rings is 2. The van der Waals surface area contributed by atoms with E-state index in [1.54, 1.807) is 11.8 Å². The van der Waals surface area contributed by atoms with E-state index in [0.29, 0.717) is 19.7 Å². The lowest BCUT2D eigenvalue weighted by atomic mass is 10.2. The summed E-state index contributed by atoms with van der Waals surface area (Å²) in [5.41, 5.74) is 0.835. The maximum Gasteiger partial charge on any atom is 0.238 e. The number of nitrogens with one attached hydrogen (secondary N) is 1. The average Bonchev–Trinajstić information content (AvgIpc) is 2.72.